The molecule has 0 amide bonds. The molecule has 0 unspecified atom stereocenters. The summed E-state index contributed by atoms with van der Waals surface area (Å²) >= 11 is 3.30. The van der Waals surface area contributed by atoms with E-state index in [2.05, 4.69) is 42.0 Å². The van der Waals surface area contributed by atoms with Crippen LogP contribution in [0.25, 0.3) is 0 Å². The second-order valence-corrected chi connectivity index (χ2v) is 8.64. The SMILES string of the molecule is C=CCN1CCN(c2ccc(NS(=O)(=O)c3ccc(Br)cc3)cn2)CC1. The number of halogens is 1. The lowest BCUT2D eigenvalue weighted by molar-refractivity contribution is 0.283. The van der Waals surface area contributed by atoms with E-state index in [1.165, 1.54) is 0 Å². The Bertz CT molecular complexity index is 846. The lowest BCUT2D eigenvalue weighted by Gasteiger charge is -2.34. The quantitative estimate of drug-likeness (QED) is 0.705. The van der Waals surface area contributed by atoms with Crippen LogP contribution in [0, 0.1) is 0 Å². The maximum atomic E-state index is 12.4. The van der Waals surface area contributed by atoms with Crippen molar-refractivity contribution in [1.82, 2.24) is 9.88 Å². The molecule has 1 aromatic heterocycles. The van der Waals surface area contributed by atoms with Gasteiger partial charge in [0.2, 0.25) is 0 Å². The van der Waals surface area contributed by atoms with Gasteiger partial charge in [-0.1, -0.05) is 22.0 Å². The van der Waals surface area contributed by atoms with Crippen LogP contribution in [0.4, 0.5) is 11.5 Å². The number of rotatable bonds is 6. The Morgan fingerprint density at radius 1 is 1.12 bits per heavy atom. The van der Waals surface area contributed by atoms with Crippen molar-refractivity contribution in [2.24, 2.45) is 0 Å². The predicted molar refractivity (Wildman–Crippen MR) is 108 cm³/mol. The molecule has 0 saturated carbocycles. The maximum Gasteiger partial charge on any atom is 0.261 e. The molecular weight excluding hydrogens is 416 g/mol. The van der Waals surface area contributed by atoms with Gasteiger partial charge in [-0.15, -0.1) is 6.58 Å². The fourth-order valence-electron chi connectivity index (χ4n) is 2.80. The molecule has 3 rings (SSSR count). The van der Waals surface area contributed by atoms with Crippen LogP contribution in [0.3, 0.4) is 0 Å². The number of hydrogen-bond donors (Lipinski definition) is 1. The van der Waals surface area contributed by atoms with Crippen molar-refractivity contribution in [3.8, 4) is 0 Å². The minimum Gasteiger partial charge on any atom is -0.354 e. The van der Waals surface area contributed by atoms with Crippen molar-refractivity contribution < 1.29 is 8.42 Å². The smallest absolute Gasteiger partial charge is 0.261 e. The standard InChI is InChI=1S/C18H21BrN4O2S/c1-2-9-22-10-12-23(13-11-22)18-8-5-16(14-20-18)21-26(24,25)17-6-3-15(19)4-7-17/h2-8,14,21H,1,9-13H2. The van der Waals surface area contributed by atoms with Gasteiger partial charge >= 0.3 is 0 Å². The number of benzene rings is 1. The summed E-state index contributed by atoms with van der Waals surface area (Å²) in [6.45, 7) is 8.39. The first-order valence-electron chi connectivity index (χ1n) is 8.30. The molecule has 1 fully saturated rings. The molecule has 8 heteroatoms. The minimum absolute atomic E-state index is 0.211. The highest BCUT2D eigenvalue weighted by Crippen LogP contribution is 2.20. The van der Waals surface area contributed by atoms with Gasteiger partial charge in [-0.25, -0.2) is 13.4 Å². The summed E-state index contributed by atoms with van der Waals surface area (Å²) < 4.78 is 28.2. The summed E-state index contributed by atoms with van der Waals surface area (Å²) in [5.74, 6) is 0.856. The Kier molecular flexibility index (Phi) is 5.95. The number of piperazine rings is 1. The van der Waals surface area contributed by atoms with E-state index < -0.39 is 10.0 Å². The van der Waals surface area contributed by atoms with Crippen molar-refractivity contribution in [2.45, 2.75) is 4.90 Å². The molecule has 6 nitrogen and oxygen atoms in total. The Hall–Kier alpha value is -1.90. The number of hydrogen-bond acceptors (Lipinski definition) is 5. The molecule has 138 valence electrons. The Balaban J connectivity index is 1.64. The van der Waals surface area contributed by atoms with E-state index in [0.29, 0.717) is 5.69 Å². The zero-order chi connectivity index (χ0) is 18.6. The third kappa shape index (κ3) is 4.63. The average molecular weight is 437 g/mol. The summed E-state index contributed by atoms with van der Waals surface area (Å²) in [6, 6.07) is 10.1. The highest BCUT2D eigenvalue weighted by molar-refractivity contribution is 9.10. The first kappa shape index (κ1) is 18.9. The topological polar surface area (TPSA) is 65.5 Å². The molecule has 2 aromatic rings. The van der Waals surface area contributed by atoms with E-state index in [9.17, 15) is 8.42 Å². The molecule has 26 heavy (non-hydrogen) atoms. The van der Waals surface area contributed by atoms with Crippen LogP contribution in [-0.2, 0) is 10.0 Å². The first-order valence-corrected chi connectivity index (χ1v) is 10.6. The molecule has 0 aliphatic carbocycles. The Morgan fingerprint density at radius 2 is 1.81 bits per heavy atom. The van der Waals surface area contributed by atoms with Crippen LogP contribution in [-0.4, -0.2) is 51.0 Å². The van der Waals surface area contributed by atoms with Crippen LogP contribution >= 0.6 is 15.9 Å². The van der Waals surface area contributed by atoms with Gasteiger partial charge in [0.05, 0.1) is 16.8 Å². The van der Waals surface area contributed by atoms with Gasteiger partial charge in [-0.2, -0.15) is 0 Å². The molecule has 1 aromatic carbocycles. The minimum atomic E-state index is -3.62. The highest BCUT2D eigenvalue weighted by atomic mass is 79.9. The molecule has 1 saturated heterocycles. The Labute approximate surface area is 162 Å². The molecule has 0 atom stereocenters. The van der Waals surface area contributed by atoms with Crippen LogP contribution < -0.4 is 9.62 Å². The molecule has 1 aliphatic heterocycles. The van der Waals surface area contributed by atoms with Crippen molar-refractivity contribution in [3.63, 3.8) is 0 Å². The van der Waals surface area contributed by atoms with E-state index in [-0.39, 0.29) is 4.90 Å². The summed E-state index contributed by atoms with van der Waals surface area (Å²) in [5, 5.41) is 0. The average Bonchev–Trinajstić information content (AvgIpc) is 2.63. The number of anilines is 2. The lowest BCUT2D eigenvalue weighted by atomic mass is 10.3. The largest absolute Gasteiger partial charge is 0.354 e. The van der Waals surface area contributed by atoms with Crippen molar-refractivity contribution in [2.75, 3.05) is 42.3 Å². The fraction of sp³-hybridized carbons (Fsp3) is 0.278. The van der Waals surface area contributed by atoms with E-state index >= 15 is 0 Å². The van der Waals surface area contributed by atoms with E-state index in [1.54, 1.807) is 36.5 Å². The maximum absolute atomic E-state index is 12.4. The summed E-state index contributed by atoms with van der Waals surface area (Å²) in [4.78, 5) is 9.17. The number of nitrogens with zero attached hydrogens (tertiary/aromatic N) is 3. The van der Waals surface area contributed by atoms with Gasteiger partial charge in [0, 0.05) is 37.2 Å². The van der Waals surface area contributed by atoms with Crippen molar-refractivity contribution in [1.29, 1.82) is 0 Å². The molecule has 1 aliphatic rings. The molecule has 1 N–H and O–H groups in total. The molecule has 0 radical (unpaired) electrons. The second-order valence-electron chi connectivity index (χ2n) is 6.04. The fourth-order valence-corrected chi connectivity index (χ4v) is 4.11. The molecule has 2 heterocycles. The summed E-state index contributed by atoms with van der Waals surface area (Å²) in [5.41, 5.74) is 0.446. The first-order chi connectivity index (χ1) is 12.5. The number of sulfonamides is 1. The second kappa shape index (κ2) is 8.20. The number of pyridine rings is 1. The molecule has 0 spiro atoms. The zero-order valence-corrected chi connectivity index (χ0v) is 16.7. The van der Waals surface area contributed by atoms with Crippen LogP contribution in [0.5, 0.6) is 0 Å². The number of aromatic nitrogens is 1. The third-order valence-electron chi connectivity index (χ3n) is 4.21. The van der Waals surface area contributed by atoms with Gasteiger partial charge in [0.15, 0.2) is 0 Å². The summed E-state index contributed by atoms with van der Waals surface area (Å²) in [7, 11) is -3.62. The third-order valence-corrected chi connectivity index (χ3v) is 6.13. The molecule has 0 bridgehead atoms. The van der Waals surface area contributed by atoms with Crippen LogP contribution in [0.2, 0.25) is 0 Å². The van der Waals surface area contributed by atoms with Gasteiger partial charge in [-0.05, 0) is 36.4 Å². The normalized spacial score (nSPS) is 15.7. The van der Waals surface area contributed by atoms with Crippen LogP contribution in [0.15, 0.2) is 64.6 Å². The van der Waals surface area contributed by atoms with Gasteiger partial charge in [0.1, 0.15) is 5.82 Å². The van der Waals surface area contributed by atoms with Gasteiger partial charge in [0.25, 0.3) is 10.0 Å². The summed E-state index contributed by atoms with van der Waals surface area (Å²) in [6.07, 6.45) is 3.47. The lowest BCUT2D eigenvalue weighted by Crippen LogP contribution is -2.46. The predicted octanol–water partition coefficient (Wildman–Crippen LogP) is 2.95. The Morgan fingerprint density at radius 3 is 2.38 bits per heavy atom. The van der Waals surface area contributed by atoms with Crippen molar-refractivity contribution >= 4 is 37.5 Å². The van der Waals surface area contributed by atoms with Gasteiger partial charge in [-0.3, -0.25) is 9.62 Å². The molecular formula is C18H21BrN4O2S. The zero-order valence-electron chi connectivity index (χ0n) is 14.3. The van der Waals surface area contributed by atoms with Gasteiger partial charge < -0.3 is 4.90 Å². The number of nitrogens with one attached hydrogen (secondary N) is 1. The van der Waals surface area contributed by atoms with E-state index in [0.717, 1.165) is 43.0 Å². The van der Waals surface area contributed by atoms with Crippen LogP contribution in [0.1, 0.15) is 0 Å². The highest BCUT2D eigenvalue weighted by Gasteiger charge is 2.18. The van der Waals surface area contributed by atoms with E-state index in [1.807, 2.05) is 12.1 Å². The van der Waals surface area contributed by atoms with Crippen molar-refractivity contribution in [3.05, 3.63) is 59.7 Å². The van der Waals surface area contributed by atoms with E-state index in [4.69, 9.17) is 0 Å². The monoisotopic (exact) mass is 436 g/mol.